The van der Waals surface area contributed by atoms with Crippen molar-refractivity contribution in [3.8, 4) is 0 Å². The van der Waals surface area contributed by atoms with Crippen LogP contribution in [0, 0.1) is 5.92 Å². The predicted octanol–water partition coefficient (Wildman–Crippen LogP) is 1.21. The van der Waals surface area contributed by atoms with E-state index in [9.17, 15) is 9.59 Å². The molecule has 0 rings (SSSR count). The quantitative estimate of drug-likeness (QED) is 0.642. The molecule has 0 aliphatic heterocycles. The summed E-state index contributed by atoms with van der Waals surface area (Å²) >= 11 is 0. The molecule has 0 saturated heterocycles. The normalized spacial score (nSPS) is 13.2. The van der Waals surface area contributed by atoms with Gasteiger partial charge in [0.2, 0.25) is 0 Å². The van der Waals surface area contributed by atoms with E-state index in [1.807, 2.05) is 27.7 Å². The lowest BCUT2D eigenvalue weighted by Crippen LogP contribution is -2.49. The first-order chi connectivity index (χ1) is 8.18. The van der Waals surface area contributed by atoms with Gasteiger partial charge in [0, 0.05) is 13.7 Å². The highest BCUT2D eigenvalue weighted by Crippen LogP contribution is 2.06. The average molecular weight is 260 g/mol. The molecule has 0 unspecified atom stereocenters. The fourth-order valence-electron chi connectivity index (χ4n) is 1.27. The van der Waals surface area contributed by atoms with Crippen molar-refractivity contribution in [2.75, 3.05) is 13.7 Å². The number of rotatable bonds is 7. The van der Waals surface area contributed by atoms with Crippen LogP contribution < -0.4 is 10.6 Å². The van der Waals surface area contributed by atoms with Gasteiger partial charge in [0.05, 0.1) is 5.60 Å². The molecule has 0 aliphatic rings. The third kappa shape index (κ3) is 7.11. The Kier molecular flexibility index (Phi) is 6.68. The van der Waals surface area contributed by atoms with Crippen molar-refractivity contribution in [1.29, 1.82) is 0 Å². The number of aliphatic carboxylic acids is 1. The summed E-state index contributed by atoms with van der Waals surface area (Å²) in [6, 6.07) is -1.36. The van der Waals surface area contributed by atoms with Crippen LogP contribution in [0.15, 0.2) is 0 Å². The van der Waals surface area contributed by atoms with Crippen LogP contribution in [0.4, 0.5) is 4.79 Å². The van der Waals surface area contributed by atoms with Crippen LogP contribution in [-0.4, -0.2) is 42.4 Å². The summed E-state index contributed by atoms with van der Waals surface area (Å²) in [6.45, 7) is 7.78. The van der Waals surface area contributed by atoms with E-state index < -0.39 is 23.6 Å². The Balaban J connectivity index is 4.23. The second kappa shape index (κ2) is 7.20. The second-order valence-corrected chi connectivity index (χ2v) is 5.31. The van der Waals surface area contributed by atoms with Gasteiger partial charge in [-0.2, -0.15) is 0 Å². The van der Waals surface area contributed by atoms with Gasteiger partial charge in [-0.25, -0.2) is 9.59 Å². The number of carbonyl (C=O) groups is 2. The Labute approximate surface area is 108 Å². The fraction of sp³-hybridized carbons (Fsp3) is 0.833. The largest absolute Gasteiger partial charge is 0.480 e. The van der Waals surface area contributed by atoms with E-state index >= 15 is 0 Å². The topological polar surface area (TPSA) is 87.7 Å². The minimum atomic E-state index is -1.02. The van der Waals surface area contributed by atoms with E-state index in [4.69, 9.17) is 9.84 Å². The van der Waals surface area contributed by atoms with Crippen molar-refractivity contribution in [3.05, 3.63) is 0 Å². The van der Waals surface area contributed by atoms with Crippen LogP contribution in [0.2, 0.25) is 0 Å². The molecule has 0 aromatic rings. The molecule has 0 aliphatic carbocycles. The SMILES string of the molecule is COC(C)(C)CNC(=O)N[C@H](CC(C)C)C(=O)O. The van der Waals surface area contributed by atoms with Crippen molar-refractivity contribution < 1.29 is 19.4 Å². The molecule has 0 fully saturated rings. The summed E-state index contributed by atoms with van der Waals surface area (Å²) < 4.78 is 5.15. The Morgan fingerprint density at radius 1 is 1.33 bits per heavy atom. The third-order valence-corrected chi connectivity index (χ3v) is 2.54. The number of hydrogen-bond acceptors (Lipinski definition) is 3. The minimum Gasteiger partial charge on any atom is -0.480 e. The Morgan fingerprint density at radius 2 is 1.89 bits per heavy atom. The first-order valence-corrected chi connectivity index (χ1v) is 6.00. The standard InChI is InChI=1S/C12H24N2O4/c1-8(2)6-9(10(15)16)14-11(17)13-7-12(3,4)18-5/h8-9H,6-7H2,1-5H3,(H,15,16)(H2,13,14,17)/t9-/m1/s1. The van der Waals surface area contributed by atoms with E-state index in [0.29, 0.717) is 13.0 Å². The average Bonchev–Trinajstić information content (AvgIpc) is 2.25. The van der Waals surface area contributed by atoms with Gasteiger partial charge >= 0.3 is 12.0 Å². The number of methoxy groups -OCH3 is 1. The van der Waals surface area contributed by atoms with E-state index in [1.165, 1.54) is 0 Å². The molecular formula is C12H24N2O4. The zero-order chi connectivity index (χ0) is 14.3. The number of nitrogens with one attached hydrogen (secondary N) is 2. The van der Waals surface area contributed by atoms with Gasteiger partial charge in [0.15, 0.2) is 0 Å². The van der Waals surface area contributed by atoms with E-state index in [0.717, 1.165) is 0 Å². The van der Waals surface area contributed by atoms with Crippen molar-refractivity contribution in [1.82, 2.24) is 10.6 Å². The summed E-state index contributed by atoms with van der Waals surface area (Å²) in [5.74, 6) is -0.827. The lowest BCUT2D eigenvalue weighted by atomic mass is 10.0. The van der Waals surface area contributed by atoms with Crippen LogP contribution in [0.5, 0.6) is 0 Å². The van der Waals surface area contributed by atoms with E-state index in [-0.39, 0.29) is 5.92 Å². The number of carbonyl (C=O) groups excluding carboxylic acids is 1. The third-order valence-electron chi connectivity index (χ3n) is 2.54. The fourth-order valence-corrected chi connectivity index (χ4v) is 1.27. The van der Waals surface area contributed by atoms with Crippen LogP contribution in [0.3, 0.4) is 0 Å². The van der Waals surface area contributed by atoms with Crippen molar-refractivity contribution in [2.24, 2.45) is 5.92 Å². The van der Waals surface area contributed by atoms with Gasteiger partial charge in [-0.05, 0) is 26.2 Å². The van der Waals surface area contributed by atoms with Gasteiger partial charge in [-0.1, -0.05) is 13.8 Å². The highest BCUT2D eigenvalue weighted by atomic mass is 16.5. The highest BCUT2D eigenvalue weighted by molar-refractivity contribution is 5.82. The monoisotopic (exact) mass is 260 g/mol. The summed E-state index contributed by atoms with van der Waals surface area (Å²) in [6.07, 6.45) is 0.399. The molecule has 18 heavy (non-hydrogen) atoms. The molecule has 106 valence electrons. The highest BCUT2D eigenvalue weighted by Gasteiger charge is 2.22. The van der Waals surface area contributed by atoms with Crippen LogP contribution >= 0.6 is 0 Å². The molecule has 0 spiro atoms. The van der Waals surface area contributed by atoms with Gasteiger partial charge in [0.1, 0.15) is 6.04 Å². The Morgan fingerprint density at radius 3 is 2.28 bits per heavy atom. The molecule has 0 aromatic carbocycles. The number of carboxylic acid groups (broad SMARTS) is 1. The smallest absolute Gasteiger partial charge is 0.326 e. The zero-order valence-corrected chi connectivity index (χ0v) is 11.7. The molecular weight excluding hydrogens is 236 g/mol. The summed E-state index contributed by atoms with van der Waals surface area (Å²) in [5, 5.41) is 14.0. The maximum absolute atomic E-state index is 11.6. The number of urea groups is 1. The summed E-state index contributed by atoms with van der Waals surface area (Å²) in [7, 11) is 1.55. The molecule has 0 bridgehead atoms. The van der Waals surface area contributed by atoms with Crippen LogP contribution in [0.25, 0.3) is 0 Å². The first-order valence-electron chi connectivity index (χ1n) is 6.00. The minimum absolute atomic E-state index is 0.196. The second-order valence-electron chi connectivity index (χ2n) is 5.31. The van der Waals surface area contributed by atoms with Gasteiger partial charge < -0.3 is 20.5 Å². The molecule has 1 atom stereocenters. The Hall–Kier alpha value is -1.30. The van der Waals surface area contributed by atoms with Crippen molar-refractivity contribution in [2.45, 2.75) is 45.8 Å². The molecule has 0 aromatic heterocycles. The van der Waals surface area contributed by atoms with Crippen molar-refractivity contribution >= 4 is 12.0 Å². The van der Waals surface area contributed by atoms with Crippen LogP contribution in [0.1, 0.15) is 34.1 Å². The molecule has 0 saturated carbocycles. The number of hydrogen-bond donors (Lipinski definition) is 3. The molecule has 3 N–H and O–H groups in total. The Bertz CT molecular complexity index is 290. The summed E-state index contributed by atoms with van der Waals surface area (Å²) in [5.41, 5.74) is -0.478. The lowest BCUT2D eigenvalue weighted by Gasteiger charge is -2.24. The maximum Gasteiger partial charge on any atom is 0.326 e. The van der Waals surface area contributed by atoms with E-state index in [1.54, 1.807) is 7.11 Å². The van der Waals surface area contributed by atoms with E-state index in [2.05, 4.69) is 10.6 Å². The predicted molar refractivity (Wildman–Crippen MR) is 68.5 cm³/mol. The number of amides is 2. The number of carboxylic acids is 1. The first kappa shape index (κ1) is 16.7. The summed E-state index contributed by atoms with van der Waals surface area (Å²) in [4.78, 5) is 22.5. The van der Waals surface area contributed by atoms with Gasteiger partial charge in [0.25, 0.3) is 0 Å². The van der Waals surface area contributed by atoms with Crippen LogP contribution in [-0.2, 0) is 9.53 Å². The maximum atomic E-state index is 11.6. The lowest BCUT2D eigenvalue weighted by molar-refractivity contribution is -0.139. The molecule has 0 radical (unpaired) electrons. The molecule has 2 amide bonds. The molecule has 6 nitrogen and oxygen atoms in total. The molecule has 6 heteroatoms. The van der Waals surface area contributed by atoms with Gasteiger partial charge in [-0.15, -0.1) is 0 Å². The number of ether oxygens (including phenoxy) is 1. The van der Waals surface area contributed by atoms with Crippen molar-refractivity contribution in [3.63, 3.8) is 0 Å². The zero-order valence-electron chi connectivity index (χ0n) is 11.7. The van der Waals surface area contributed by atoms with Gasteiger partial charge in [-0.3, -0.25) is 0 Å². The molecule has 0 heterocycles.